The highest BCUT2D eigenvalue weighted by molar-refractivity contribution is 5.76. The lowest BCUT2D eigenvalue weighted by Gasteiger charge is -2.16. The van der Waals surface area contributed by atoms with Crippen molar-refractivity contribution in [3.8, 4) is 0 Å². The van der Waals surface area contributed by atoms with Crippen molar-refractivity contribution >= 4 is 12.0 Å². The second kappa shape index (κ2) is 7.08. The molecule has 1 aromatic carbocycles. The summed E-state index contributed by atoms with van der Waals surface area (Å²) in [5.74, 6) is -0.140. The van der Waals surface area contributed by atoms with Crippen LogP contribution in [-0.4, -0.2) is 47.2 Å². The molecule has 2 rings (SSSR count). The maximum atomic E-state index is 11.9. The molecule has 0 unspecified atom stereocenters. The first-order valence-corrected chi connectivity index (χ1v) is 7.03. The summed E-state index contributed by atoms with van der Waals surface area (Å²) in [4.78, 5) is 24.7. The Morgan fingerprint density at radius 2 is 2.05 bits per heavy atom. The van der Waals surface area contributed by atoms with E-state index in [1.165, 1.54) is 4.90 Å². The maximum absolute atomic E-state index is 11.9. The topological polar surface area (TPSA) is 78.9 Å². The van der Waals surface area contributed by atoms with Gasteiger partial charge in [-0.1, -0.05) is 37.3 Å². The summed E-state index contributed by atoms with van der Waals surface area (Å²) in [5.41, 5.74) is 0.904. The molecule has 1 aliphatic rings. The van der Waals surface area contributed by atoms with Crippen LogP contribution in [0.2, 0.25) is 0 Å². The molecule has 2 amide bonds. The van der Waals surface area contributed by atoms with Crippen LogP contribution in [-0.2, 0) is 16.1 Å². The molecule has 1 heterocycles. The van der Waals surface area contributed by atoms with Crippen LogP contribution in [0.4, 0.5) is 4.79 Å². The van der Waals surface area contributed by atoms with E-state index in [0.717, 1.165) is 5.56 Å². The first-order chi connectivity index (χ1) is 10.1. The van der Waals surface area contributed by atoms with Crippen LogP contribution in [0.1, 0.15) is 18.9 Å². The van der Waals surface area contributed by atoms with Gasteiger partial charge in [0.15, 0.2) is 0 Å². The van der Waals surface area contributed by atoms with Gasteiger partial charge in [0.1, 0.15) is 6.61 Å². The zero-order valence-electron chi connectivity index (χ0n) is 12.0. The molecule has 1 aliphatic heterocycles. The number of carbonyl (C=O) groups excluding carboxylic acids is 2. The SMILES string of the molecule is CCC(=O)N[C@@H]1CN(C(=O)OCc2ccccc2)C[C@H]1O. The lowest BCUT2D eigenvalue weighted by atomic mass is 10.2. The fourth-order valence-electron chi connectivity index (χ4n) is 2.20. The van der Waals surface area contributed by atoms with Crippen molar-refractivity contribution in [3.05, 3.63) is 35.9 Å². The van der Waals surface area contributed by atoms with Crippen LogP contribution in [0.5, 0.6) is 0 Å². The molecule has 0 spiro atoms. The van der Waals surface area contributed by atoms with Gasteiger partial charge in [-0.3, -0.25) is 4.79 Å². The molecule has 1 fully saturated rings. The van der Waals surface area contributed by atoms with Crippen molar-refractivity contribution in [1.82, 2.24) is 10.2 Å². The second-order valence-electron chi connectivity index (χ2n) is 5.04. The number of β-amino-alcohol motifs (C(OH)–C–C–N with tert-alkyl or cyclic N) is 1. The Hall–Kier alpha value is -2.08. The van der Waals surface area contributed by atoms with Gasteiger partial charge >= 0.3 is 6.09 Å². The molecular formula is C15H20N2O4. The van der Waals surface area contributed by atoms with E-state index in [1.807, 2.05) is 30.3 Å². The smallest absolute Gasteiger partial charge is 0.410 e. The molecule has 0 bridgehead atoms. The predicted molar refractivity (Wildman–Crippen MR) is 76.4 cm³/mol. The summed E-state index contributed by atoms with van der Waals surface area (Å²) in [5, 5.41) is 12.6. The molecule has 1 aromatic rings. The van der Waals surface area contributed by atoms with Crippen molar-refractivity contribution in [2.24, 2.45) is 0 Å². The fraction of sp³-hybridized carbons (Fsp3) is 0.467. The van der Waals surface area contributed by atoms with E-state index < -0.39 is 18.2 Å². The van der Waals surface area contributed by atoms with E-state index in [2.05, 4.69) is 5.32 Å². The third-order valence-electron chi connectivity index (χ3n) is 3.42. The number of benzene rings is 1. The molecule has 2 N–H and O–H groups in total. The average Bonchev–Trinajstić information content (AvgIpc) is 2.87. The van der Waals surface area contributed by atoms with Gasteiger partial charge in [-0.15, -0.1) is 0 Å². The molecule has 6 heteroatoms. The van der Waals surface area contributed by atoms with Crippen molar-refractivity contribution in [2.75, 3.05) is 13.1 Å². The number of nitrogens with zero attached hydrogens (tertiary/aromatic N) is 1. The molecule has 0 aliphatic carbocycles. The van der Waals surface area contributed by atoms with Crippen LogP contribution in [0.25, 0.3) is 0 Å². The molecule has 0 saturated carbocycles. The zero-order chi connectivity index (χ0) is 15.2. The van der Waals surface area contributed by atoms with Gasteiger partial charge in [0.25, 0.3) is 0 Å². The number of nitrogens with one attached hydrogen (secondary N) is 1. The molecule has 6 nitrogen and oxygen atoms in total. The Labute approximate surface area is 123 Å². The summed E-state index contributed by atoms with van der Waals surface area (Å²) in [7, 11) is 0. The second-order valence-corrected chi connectivity index (χ2v) is 5.04. The number of hydrogen-bond acceptors (Lipinski definition) is 4. The maximum Gasteiger partial charge on any atom is 0.410 e. The number of aliphatic hydroxyl groups excluding tert-OH is 1. The van der Waals surface area contributed by atoms with E-state index in [1.54, 1.807) is 6.92 Å². The summed E-state index contributed by atoms with van der Waals surface area (Å²) in [6, 6.07) is 8.95. The van der Waals surface area contributed by atoms with Gasteiger partial charge in [-0.05, 0) is 5.56 Å². The summed E-state index contributed by atoms with van der Waals surface area (Å²) >= 11 is 0. The summed E-state index contributed by atoms with van der Waals surface area (Å²) in [6.07, 6.45) is -0.891. The first kappa shape index (κ1) is 15.3. The number of carbonyl (C=O) groups is 2. The van der Waals surface area contributed by atoms with Gasteiger partial charge in [0.05, 0.1) is 18.7 Å². The Bertz CT molecular complexity index is 492. The number of hydrogen-bond donors (Lipinski definition) is 2. The molecule has 21 heavy (non-hydrogen) atoms. The minimum absolute atomic E-state index is 0.140. The highest BCUT2D eigenvalue weighted by atomic mass is 16.6. The van der Waals surface area contributed by atoms with Crippen LogP contribution in [0.3, 0.4) is 0 Å². The van der Waals surface area contributed by atoms with Gasteiger partial charge in [0, 0.05) is 13.0 Å². The van der Waals surface area contributed by atoms with E-state index in [-0.39, 0.29) is 25.6 Å². The van der Waals surface area contributed by atoms with Gasteiger partial charge < -0.3 is 20.1 Å². The number of aliphatic hydroxyl groups is 1. The third kappa shape index (κ3) is 4.19. The lowest BCUT2D eigenvalue weighted by Crippen LogP contribution is -2.42. The standard InChI is InChI=1S/C15H20N2O4/c1-2-14(19)16-12-8-17(9-13(12)18)15(20)21-10-11-6-4-3-5-7-11/h3-7,12-13,18H,2,8-10H2,1H3,(H,16,19)/t12-,13-/m1/s1. The van der Waals surface area contributed by atoms with E-state index >= 15 is 0 Å². The monoisotopic (exact) mass is 292 g/mol. The summed E-state index contributed by atoms with van der Waals surface area (Å²) < 4.78 is 5.20. The Morgan fingerprint density at radius 3 is 2.71 bits per heavy atom. The summed E-state index contributed by atoms with van der Waals surface area (Å²) in [6.45, 7) is 2.36. The number of rotatable bonds is 4. The predicted octanol–water partition coefficient (Wildman–Crippen LogP) is 0.894. The molecule has 0 aromatic heterocycles. The minimum Gasteiger partial charge on any atom is -0.445 e. The molecule has 0 radical (unpaired) electrons. The molecule has 1 saturated heterocycles. The average molecular weight is 292 g/mol. The van der Waals surface area contributed by atoms with Crippen molar-refractivity contribution in [2.45, 2.75) is 32.1 Å². The van der Waals surface area contributed by atoms with Crippen LogP contribution in [0.15, 0.2) is 30.3 Å². The van der Waals surface area contributed by atoms with Gasteiger partial charge in [0.2, 0.25) is 5.91 Å². The van der Waals surface area contributed by atoms with E-state index in [4.69, 9.17) is 4.74 Å². The number of amides is 2. The van der Waals surface area contributed by atoms with Crippen molar-refractivity contribution in [3.63, 3.8) is 0 Å². The highest BCUT2D eigenvalue weighted by Gasteiger charge is 2.35. The van der Waals surface area contributed by atoms with Crippen LogP contribution >= 0.6 is 0 Å². The Morgan fingerprint density at radius 1 is 1.33 bits per heavy atom. The largest absolute Gasteiger partial charge is 0.445 e. The van der Waals surface area contributed by atoms with Crippen molar-refractivity contribution in [1.29, 1.82) is 0 Å². The quantitative estimate of drug-likeness (QED) is 0.864. The van der Waals surface area contributed by atoms with Gasteiger partial charge in [-0.25, -0.2) is 4.79 Å². The van der Waals surface area contributed by atoms with Crippen molar-refractivity contribution < 1.29 is 19.4 Å². The van der Waals surface area contributed by atoms with Crippen LogP contribution in [0, 0.1) is 0 Å². The van der Waals surface area contributed by atoms with E-state index in [0.29, 0.717) is 6.42 Å². The number of ether oxygens (including phenoxy) is 1. The Kier molecular flexibility index (Phi) is 5.16. The third-order valence-corrected chi connectivity index (χ3v) is 3.42. The lowest BCUT2D eigenvalue weighted by molar-refractivity contribution is -0.122. The van der Waals surface area contributed by atoms with Crippen LogP contribution < -0.4 is 5.32 Å². The minimum atomic E-state index is -0.759. The number of likely N-dealkylation sites (tertiary alicyclic amines) is 1. The first-order valence-electron chi connectivity index (χ1n) is 7.03. The highest BCUT2D eigenvalue weighted by Crippen LogP contribution is 2.13. The zero-order valence-corrected chi connectivity index (χ0v) is 12.0. The molecule has 2 atom stereocenters. The molecule has 114 valence electrons. The van der Waals surface area contributed by atoms with E-state index in [9.17, 15) is 14.7 Å². The normalized spacial score (nSPS) is 21.1. The van der Waals surface area contributed by atoms with Gasteiger partial charge in [-0.2, -0.15) is 0 Å². The Balaban J connectivity index is 1.82. The molecular weight excluding hydrogens is 272 g/mol. The fourth-order valence-corrected chi connectivity index (χ4v) is 2.20.